The maximum atomic E-state index is 12.1. The number of hydrogen-bond donors (Lipinski definition) is 3. The van der Waals surface area contributed by atoms with Gasteiger partial charge in [0.25, 0.3) is 0 Å². The summed E-state index contributed by atoms with van der Waals surface area (Å²) in [5, 5.41) is 9.16. The first-order valence-electron chi connectivity index (χ1n) is 9.68. The van der Waals surface area contributed by atoms with E-state index in [0.717, 1.165) is 18.8 Å². The van der Waals surface area contributed by atoms with E-state index >= 15 is 0 Å². The zero-order valence-corrected chi connectivity index (χ0v) is 16.2. The Hall–Kier alpha value is -2.87. The van der Waals surface area contributed by atoms with E-state index in [1.807, 2.05) is 12.1 Å². The van der Waals surface area contributed by atoms with Crippen LogP contribution in [0.15, 0.2) is 52.3 Å². The Morgan fingerprint density at radius 2 is 2.11 bits per heavy atom. The number of likely N-dealkylation sites (tertiary alicyclic amines) is 1. The number of guanidine groups is 1. The average molecular weight is 384 g/mol. The maximum absolute atomic E-state index is 12.1. The normalized spacial score (nSPS) is 16.4. The summed E-state index contributed by atoms with van der Waals surface area (Å²) in [7, 11) is 1.69. The van der Waals surface area contributed by atoms with Crippen molar-refractivity contribution in [3.63, 3.8) is 0 Å². The van der Waals surface area contributed by atoms with Crippen LogP contribution in [0.1, 0.15) is 31.1 Å². The van der Waals surface area contributed by atoms with E-state index in [1.54, 1.807) is 37.8 Å². The average Bonchev–Trinajstić information content (AvgIpc) is 3.26. The number of carbonyl (C=O) groups excluding carboxylic acids is 1. The first-order chi connectivity index (χ1) is 13.8. The van der Waals surface area contributed by atoms with Gasteiger partial charge in [-0.3, -0.25) is 19.7 Å². The van der Waals surface area contributed by atoms with Gasteiger partial charge in [-0.1, -0.05) is 6.42 Å². The monoisotopic (exact) mass is 384 g/mol. The lowest BCUT2D eigenvalue weighted by Gasteiger charge is -2.33. The highest BCUT2D eigenvalue weighted by Gasteiger charge is 2.24. The van der Waals surface area contributed by atoms with Gasteiger partial charge in [-0.25, -0.2) is 0 Å². The van der Waals surface area contributed by atoms with Gasteiger partial charge in [0.2, 0.25) is 5.91 Å². The van der Waals surface area contributed by atoms with Crippen molar-refractivity contribution in [2.75, 3.05) is 38.5 Å². The Labute approximate surface area is 165 Å². The zero-order chi connectivity index (χ0) is 19.6. The zero-order valence-electron chi connectivity index (χ0n) is 16.2. The number of anilines is 1. The van der Waals surface area contributed by atoms with Crippen molar-refractivity contribution in [1.29, 1.82) is 0 Å². The van der Waals surface area contributed by atoms with E-state index in [-0.39, 0.29) is 18.5 Å². The number of hydrogen-bond acceptors (Lipinski definition) is 5. The van der Waals surface area contributed by atoms with Crippen molar-refractivity contribution in [2.24, 2.45) is 4.99 Å². The molecule has 150 valence electrons. The molecule has 2 aromatic rings. The molecule has 1 aliphatic rings. The molecule has 8 nitrogen and oxygen atoms in total. The lowest BCUT2D eigenvalue weighted by Crippen LogP contribution is -2.46. The summed E-state index contributed by atoms with van der Waals surface area (Å²) in [6, 6.07) is 7.64. The fourth-order valence-electron chi connectivity index (χ4n) is 3.34. The molecule has 3 heterocycles. The summed E-state index contributed by atoms with van der Waals surface area (Å²) >= 11 is 0. The van der Waals surface area contributed by atoms with Gasteiger partial charge in [0, 0.05) is 19.8 Å². The van der Waals surface area contributed by atoms with Crippen LogP contribution in [0.25, 0.3) is 0 Å². The minimum Gasteiger partial charge on any atom is -0.468 e. The van der Waals surface area contributed by atoms with Crippen molar-refractivity contribution in [2.45, 2.75) is 25.3 Å². The Morgan fingerprint density at radius 3 is 2.79 bits per heavy atom. The Kier molecular flexibility index (Phi) is 7.43. The van der Waals surface area contributed by atoms with Crippen LogP contribution in [0.2, 0.25) is 0 Å². The molecule has 1 fully saturated rings. The van der Waals surface area contributed by atoms with Gasteiger partial charge in [0.15, 0.2) is 5.96 Å². The molecule has 1 amide bonds. The molecule has 0 aromatic carbocycles. The molecule has 0 radical (unpaired) electrons. The fourth-order valence-corrected chi connectivity index (χ4v) is 3.34. The molecule has 2 aromatic heterocycles. The molecule has 0 spiro atoms. The van der Waals surface area contributed by atoms with Crippen LogP contribution in [0, 0.1) is 0 Å². The lowest BCUT2D eigenvalue weighted by molar-refractivity contribution is -0.115. The van der Waals surface area contributed by atoms with Crippen molar-refractivity contribution in [1.82, 2.24) is 20.5 Å². The molecule has 1 atom stereocenters. The van der Waals surface area contributed by atoms with Gasteiger partial charge >= 0.3 is 0 Å². The molecule has 0 saturated carbocycles. The SMILES string of the molecule is CN=C(NCC(=O)Nc1cccnc1)NCC(c1ccco1)N1CCCCC1. The van der Waals surface area contributed by atoms with Crippen LogP contribution >= 0.6 is 0 Å². The van der Waals surface area contributed by atoms with Crippen molar-refractivity contribution >= 4 is 17.6 Å². The summed E-state index contributed by atoms with van der Waals surface area (Å²) in [6.45, 7) is 2.89. The first-order valence-corrected chi connectivity index (χ1v) is 9.68. The summed E-state index contributed by atoms with van der Waals surface area (Å²) in [4.78, 5) is 22.7. The Balaban J connectivity index is 1.50. The molecular formula is C20H28N6O2. The third kappa shape index (κ3) is 5.82. The molecule has 1 saturated heterocycles. The molecular weight excluding hydrogens is 356 g/mol. The highest BCUT2D eigenvalue weighted by atomic mass is 16.3. The van der Waals surface area contributed by atoms with Crippen LogP contribution in [-0.2, 0) is 4.79 Å². The minimum absolute atomic E-state index is 0.115. The van der Waals surface area contributed by atoms with Crippen LogP contribution in [0.5, 0.6) is 0 Å². The molecule has 0 aliphatic carbocycles. The maximum Gasteiger partial charge on any atom is 0.243 e. The number of aromatic nitrogens is 1. The quantitative estimate of drug-likeness (QED) is 0.499. The number of pyridine rings is 1. The predicted octanol–water partition coefficient (Wildman–Crippen LogP) is 2.01. The van der Waals surface area contributed by atoms with Crippen LogP contribution in [-0.4, -0.2) is 55.0 Å². The van der Waals surface area contributed by atoms with E-state index < -0.39 is 0 Å². The lowest BCUT2D eigenvalue weighted by atomic mass is 10.1. The molecule has 8 heteroatoms. The summed E-state index contributed by atoms with van der Waals surface area (Å²) < 4.78 is 5.67. The summed E-state index contributed by atoms with van der Waals surface area (Å²) in [5.74, 6) is 1.36. The van der Waals surface area contributed by atoms with Crippen molar-refractivity contribution < 1.29 is 9.21 Å². The summed E-state index contributed by atoms with van der Waals surface area (Å²) in [6.07, 6.45) is 8.68. The van der Waals surface area contributed by atoms with E-state index in [9.17, 15) is 4.79 Å². The number of piperidine rings is 1. The number of rotatable bonds is 7. The predicted molar refractivity (Wildman–Crippen MR) is 109 cm³/mol. The number of carbonyl (C=O) groups is 1. The fraction of sp³-hybridized carbons (Fsp3) is 0.450. The second-order valence-corrected chi connectivity index (χ2v) is 6.72. The number of amides is 1. The third-order valence-corrected chi connectivity index (χ3v) is 4.75. The number of nitrogens with one attached hydrogen (secondary N) is 3. The minimum atomic E-state index is -0.158. The van der Waals surface area contributed by atoms with E-state index in [2.05, 4.69) is 30.8 Å². The van der Waals surface area contributed by atoms with Gasteiger partial charge in [0.1, 0.15) is 5.76 Å². The van der Waals surface area contributed by atoms with Crippen molar-refractivity contribution in [3.8, 4) is 0 Å². The summed E-state index contributed by atoms with van der Waals surface area (Å²) in [5.41, 5.74) is 0.667. The van der Waals surface area contributed by atoms with Gasteiger partial charge in [0.05, 0.1) is 30.7 Å². The molecule has 28 heavy (non-hydrogen) atoms. The van der Waals surface area contributed by atoms with E-state index in [0.29, 0.717) is 18.2 Å². The smallest absolute Gasteiger partial charge is 0.243 e. The topological polar surface area (TPSA) is 94.8 Å². The van der Waals surface area contributed by atoms with Gasteiger partial charge in [-0.15, -0.1) is 0 Å². The highest BCUT2D eigenvalue weighted by molar-refractivity contribution is 5.94. The molecule has 0 bridgehead atoms. The standard InChI is InChI=1S/C20H28N6O2/c1-21-20(24-15-19(27)25-16-7-5-9-22-13-16)23-14-17(18-8-6-12-28-18)26-10-3-2-4-11-26/h5-9,12-13,17H,2-4,10-11,14-15H2,1H3,(H,25,27)(H2,21,23,24). The number of aliphatic imine (C=N–C) groups is 1. The second-order valence-electron chi connectivity index (χ2n) is 6.72. The van der Waals surface area contributed by atoms with Crippen LogP contribution in [0.4, 0.5) is 5.69 Å². The van der Waals surface area contributed by atoms with Crippen LogP contribution < -0.4 is 16.0 Å². The molecule has 1 aliphatic heterocycles. The van der Waals surface area contributed by atoms with E-state index in [4.69, 9.17) is 4.42 Å². The molecule has 3 N–H and O–H groups in total. The largest absolute Gasteiger partial charge is 0.468 e. The van der Waals surface area contributed by atoms with Crippen LogP contribution in [0.3, 0.4) is 0 Å². The van der Waals surface area contributed by atoms with Gasteiger partial charge < -0.3 is 20.4 Å². The first kappa shape index (κ1) is 19.9. The van der Waals surface area contributed by atoms with Gasteiger partial charge in [-0.2, -0.15) is 0 Å². The number of furan rings is 1. The molecule has 1 unspecified atom stereocenters. The Morgan fingerprint density at radius 1 is 1.25 bits per heavy atom. The highest BCUT2D eigenvalue weighted by Crippen LogP contribution is 2.24. The molecule has 3 rings (SSSR count). The second kappa shape index (κ2) is 10.5. The third-order valence-electron chi connectivity index (χ3n) is 4.75. The van der Waals surface area contributed by atoms with Crippen molar-refractivity contribution in [3.05, 3.63) is 48.7 Å². The number of nitrogens with zero attached hydrogens (tertiary/aromatic N) is 3. The Bertz CT molecular complexity index is 741. The van der Waals surface area contributed by atoms with Gasteiger partial charge in [-0.05, 0) is 50.2 Å². The van der Waals surface area contributed by atoms with E-state index in [1.165, 1.54) is 19.3 Å².